The fourth-order valence-electron chi connectivity index (χ4n) is 1.03. The van der Waals surface area contributed by atoms with Gasteiger partial charge in [-0.3, -0.25) is 0 Å². The van der Waals surface area contributed by atoms with Gasteiger partial charge in [-0.2, -0.15) is 0 Å². The lowest BCUT2D eigenvalue weighted by atomic mass is 9.82. The van der Waals surface area contributed by atoms with Crippen molar-refractivity contribution in [1.29, 1.82) is 0 Å². The van der Waals surface area contributed by atoms with Crippen LogP contribution in [0.3, 0.4) is 0 Å². The average Bonchev–Trinajstić information content (AvgIpc) is 1.69. The Bertz CT molecular complexity index is 50.0. The van der Waals surface area contributed by atoms with Crippen molar-refractivity contribution in [2.45, 2.75) is 18.7 Å². The summed E-state index contributed by atoms with van der Waals surface area (Å²) < 4.78 is 0. The molecule has 1 nitrogen and oxygen atoms in total. The van der Waals surface area contributed by atoms with Crippen LogP contribution in [-0.4, -0.2) is 20.9 Å². The quantitative estimate of drug-likeness (QED) is 0.412. The molecule has 1 aliphatic heterocycles. The monoisotopic (exact) mass is 97.1 g/mol. The van der Waals surface area contributed by atoms with Crippen LogP contribution in [-0.2, 0) is 0 Å². The van der Waals surface area contributed by atoms with Crippen LogP contribution in [0.15, 0.2) is 0 Å². The van der Waals surface area contributed by atoms with Gasteiger partial charge in [0.2, 0.25) is 0 Å². The van der Waals surface area contributed by atoms with Gasteiger partial charge in [-0.25, -0.2) is 0 Å². The molecule has 0 bridgehead atoms. The molecule has 1 fully saturated rings. The molecule has 1 saturated heterocycles. The molecule has 1 N–H and O–H groups in total. The fraction of sp³-hybridized carbons (Fsp3) is 1.00. The van der Waals surface area contributed by atoms with E-state index in [0.29, 0.717) is 0 Å². The molecule has 1 heterocycles. The molecule has 0 aromatic carbocycles. The minimum Gasteiger partial charge on any atom is -0.317 e. The van der Waals surface area contributed by atoms with Crippen LogP contribution in [0.25, 0.3) is 0 Å². The van der Waals surface area contributed by atoms with Gasteiger partial charge in [0.05, 0.1) is 0 Å². The lowest BCUT2D eigenvalue weighted by Crippen LogP contribution is -2.26. The first-order chi connectivity index (χ1) is 3.39. The number of hydrogen-bond donors (Lipinski definition) is 1. The Hall–Kier alpha value is 0.0249. The molecule has 1 aliphatic rings. The van der Waals surface area contributed by atoms with E-state index in [4.69, 9.17) is 0 Å². The normalized spacial score (nSPS) is 32.9. The molecule has 0 amide bonds. The fourth-order valence-corrected chi connectivity index (χ4v) is 1.03. The van der Waals surface area contributed by atoms with Gasteiger partial charge >= 0.3 is 0 Å². The molecular formula is C5H12BN. The second-order valence-electron chi connectivity index (χ2n) is 2.45. The van der Waals surface area contributed by atoms with Crippen LogP contribution in [0, 0.1) is 0 Å². The number of piperidine rings is 1. The molecule has 0 saturated carbocycles. The van der Waals surface area contributed by atoms with Gasteiger partial charge in [0.15, 0.2) is 0 Å². The minimum absolute atomic E-state index is 0.925. The molecule has 0 aromatic heterocycles. The van der Waals surface area contributed by atoms with E-state index in [1.54, 1.807) is 0 Å². The third-order valence-electron chi connectivity index (χ3n) is 1.54. The maximum Gasteiger partial charge on any atom is 0.107 e. The van der Waals surface area contributed by atoms with Gasteiger partial charge < -0.3 is 5.32 Å². The maximum absolute atomic E-state index is 3.33. The van der Waals surface area contributed by atoms with Crippen LogP contribution >= 0.6 is 0 Å². The second kappa shape index (κ2) is 2.36. The molecule has 0 spiro atoms. The third kappa shape index (κ3) is 1.52. The van der Waals surface area contributed by atoms with Crippen molar-refractivity contribution in [2.24, 2.45) is 0 Å². The molecule has 1 rings (SSSR count). The van der Waals surface area contributed by atoms with E-state index in [9.17, 15) is 0 Å². The lowest BCUT2D eigenvalue weighted by molar-refractivity contribution is 0.520. The van der Waals surface area contributed by atoms with Crippen molar-refractivity contribution in [3.05, 3.63) is 0 Å². The SMILES string of the molecule is BC1CCCNC1. The number of nitrogens with one attached hydrogen (secondary N) is 1. The summed E-state index contributed by atoms with van der Waals surface area (Å²) in [7, 11) is 2.30. The van der Waals surface area contributed by atoms with Gasteiger partial charge in [0.1, 0.15) is 7.85 Å². The summed E-state index contributed by atoms with van der Waals surface area (Å²) in [6.07, 6.45) is 2.80. The van der Waals surface area contributed by atoms with E-state index in [1.807, 2.05) is 0 Å². The van der Waals surface area contributed by atoms with Crippen LogP contribution in [0.1, 0.15) is 12.8 Å². The van der Waals surface area contributed by atoms with Gasteiger partial charge in [0.25, 0.3) is 0 Å². The van der Waals surface area contributed by atoms with Crippen LogP contribution in [0.2, 0.25) is 5.82 Å². The zero-order chi connectivity index (χ0) is 5.11. The van der Waals surface area contributed by atoms with Crippen molar-refractivity contribution in [2.75, 3.05) is 13.1 Å². The zero-order valence-corrected chi connectivity index (χ0v) is 4.91. The molecular weight excluding hydrogens is 84.9 g/mol. The first-order valence-electron chi connectivity index (χ1n) is 3.10. The first-order valence-corrected chi connectivity index (χ1v) is 3.10. The van der Waals surface area contributed by atoms with Crippen molar-refractivity contribution in [1.82, 2.24) is 5.32 Å². The van der Waals surface area contributed by atoms with Gasteiger partial charge in [-0.05, 0) is 19.5 Å². The highest BCUT2D eigenvalue weighted by atomic mass is 14.9. The van der Waals surface area contributed by atoms with Gasteiger partial charge in [0, 0.05) is 0 Å². The summed E-state index contributed by atoms with van der Waals surface area (Å²) >= 11 is 0. The summed E-state index contributed by atoms with van der Waals surface area (Å²) in [5.41, 5.74) is 0. The molecule has 0 radical (unpaired) electrons. The maximum atomic E-state index is 3.33. The standard InChI is InChI=1S/C5H12BN/c6-5-2-1-3-7-4-5/h5,7H,1-4,6H2. The van der Waals surface area contributed by atoms with E-state index < -0.39 is 0 Å². The largest absolute Gasteiger partial charge is 0.317 e. The van der Waals surface area contributed by atoms with E-state index >= 15 is 0 Å². The van der Waals surface area contributed by atoms with Crippen molar-refractivity contribution in [3.63, 3.8) is 0 Å². The van der Waals surface area contributed by atoms with Crippen LogP contribution in [0.5, 0.6) is 0 Å². The Morgan fingerprint density at radius 3 is 2.71 bits per heavy atom. The van der Waals surface area contributed by atoms with E-state index in [2.05, 4.69) is 13.2 Å². The second-order valence-corrected chi connectivity index (χ2v) is 2.45. The lowest BCUT2D eigenvalue weighted by Gasteiger charge is -2.17. The summed E-state index contributed by atoms with van der Waals surface area (Å²) in [4.78, 5) is 0. The minimum atomic E-state index is 0.925. The molecule has 7 heavy (non-hydrogen) atoms. The van der Waals surface area contributed by atoms with Gasteiger partial charge in [-0.15, -0.1) is 0 Å². The Morgan fingerprint density at radius 1 is 1.57 bits per heavy atom. The highest BCUT2D eigenvalue weighted by molar-refractivity contribution is 6.11. The van der Waals surface area contributed by atoms with Crippen LogP contribution in [0.4, 0.5) is 0 Å². The molecule has 0 aromatic rings. The smallest absolute Gasteiger partial charge is 0.107 e. The molecule has 2 heteroatoms. The average molecular weight is 97.0 g/mol. The van der Waals surface area contributed by atoms with Crippen molar-refractivity contribution < 1.29 is 0 Å². The topological polar surface area (TPSA) is 12.0 Å². The van der Waals surface area contributed by atoms with Crippen LogP contribution < -0.4 is 5.32 Å². The molecule has 40 valence electrons. The van der Waals surface area contributed by atoms with E-state index in [0.717, 1.165) is 5.82 Å². The molecule has 0 aliphatic carbocycles. The molecule has 1 atom stereocenters. The highest BCUT2D eigenvalue weighted by Gasteiger charge is 2.05. The van der Waals surface area contributed by atoms with Crippen molar-refractivity contribution >= 4 is 7.85 Å². The predicted octanol–water partition coefficient (Wildman–Crippen LogP) is -0.209. The first kappa shape index (κ1) is 5.17. The Kier molecular flexibility index (Phi) is 1.74. The summed E-state index contributed by atoms with van der Waals surface area (Å²) in [6.45, 7) is 2.48. The number of hydrogen-bond acceptors (Lipinski definition) is 1. The Morgan fingerprint density at radius 2 is 2.43 bits per heavy atom. The Balaban J connectivity index is 2.12. The summed E-state index contributed by atoms with van der Waals surface area (Å²) in [5, 5.41) is 3.33. The Labute approximate surface area is 45.9 Å². The molecule has 1 unspecified atom stereocenters. The number of rotatable bonds is 0. The summed E-state index contributed by atoms with van der Waals surface area (Å²) in [5.74, 6) is 0.925. The van der Waals surface area contributed by atoms with Crippen molar-refractivity contribution in [3.8, 4) is 0 Å². The van der Waals surface area contributed by atoms with E-state index in [1.165, 1.54) is 25.9 Å². The van der Waals surface area contributed by atoms with E-state index in [-0.39, 0.29) is 0 Å². The summed E-state index contributed by atoms with van der Waals surface area (Å²) in [6, 6.07) is 0. The van der Waals surface area contributed by atoms with Gasteiger partial charge in [-0.1, -0.05) is 12.2 Å². The third-order valence-corrected chi connectivity index (χ3v) is 1.54. The predicted molar refractivity (Wildman–Crippen MR) is 34.4 cm³/mol. The highest BCUT2D eigenvalue weighted by Crippen LogP contribution is 2.09. The zero-order valence-electron chi connectivity index (χ0n) is 4.91.